The number of rotatable bonds is 4. The summed E-state index contributed by atoms with van der Waals surface area (Å²) in [5, 5.41) is 2.54. The van der Waals surface area contributed by atoms with E-state index < -0.39 is 10.8 Å². The van der Waals surface area contributed by atoms with Crippen LogP contribution in [0.25, 0.3) is 33.0 Å². The molecule has 0 spiro atoms. The first-order valence-electron chi connectivity index (χ1n) is 17.4. The summed E-state index contributed by atoms with van der Waals surface area (Å²) in [5.74, 6) is 1.81. The molecule has 50 heavy (non-hydrogen) atoms. The number of ether oxygens (including phenoxy) is 1. The van der Waals surface area contributed by atoms with Gasteiger partial charge >= 0.3 is 0 Å². The zero-order valence-electron chi connectivity index (χ0n) is 27.8. The molecule has 0 N–H and O–H groups in total. The maximum atomic E-state index is 6.73. The summed E-state index contributed by atoms with van der Waals surface area (Å²) in [5.41, 5.74) is 12.8. The second-order valence-electron chi connectivity index (χ2n) is 13.7. The van der Waals surface area contributed by atoms with E-state index in [0.717, 1.165) is 11.5 Å². The Balaban J connectivity index is 1.30. The molecule has 0 aromatic heterocycles. The minimum absolute atomic E-state index is 0.434. The Labute approximate surface area is 293 Å². The van der Waals surface area contributed by atoms with Crippen molar-refractivity contribution in [3.8, 4) is 33.8 Å². The highest BCUT2D eigenvalue weighted by molar-refractivity contribution is 6.04. The Morgan fingerprint density at radius 1 is 0.420 bits per heavy atom. The summed E-state index contributed by atoms with van der Waals surface area (Å²) in [4.78, 5) is 0. The molecule has 8 aromatic rings. The molecule has 1 aliphatic heterocycles. The lowest BCUT2D eigenvalue weighted by molar-refractivity contribution is 0.428. The van der Waals surface area contributed by atoms with Crippen LogP contribution in [0.1, 0.15) is 45.9 Å². The SMILES string of the molecule is CC1(c2ccccc2)c2ccccc2Oc2cccc(-c3ccc4c(c3)C(c3ccccc3)(c3ccccc3)c3ccc5ccccc5c3-4)c21. The van der Waals surface area contributed by atoms with E-state index in [1.54, 1.807) is 0 Å². The first-order chi connectivity index (χ1) is 24.7. The molecule has 1 atom stereocenters. The molecular weight excluding hydrogens is 605 g/mol. The van der Waals surface area contributed by atoms with Crippen LogP contribution in [0, 0.1) is 0 Å². The van der Waals surface area contributed by atoms with Crippen molar-refractivity contribution in [3.05, 3.63) is 227 Å². The summed E-state index contributed by atoms with van der Waals surface area (Å²) < 4.78 is 6.73. The van der Waals surface area contributed by atoms with Crippen molar-refractivity contribution in [3.63, 3.8) is 0 Å². The van der Waals surface area contributed by atoms with E-state index >= 15 is 0 Å². The Morgan fingerprint density at radius 2 is 1.04 bits per heavy atom. The van der Waals surface area contributed by atoms with E-state index in [-0.39, 0.29) is 0 Å². The third-order valence-corrected chi connectivity index (χ3v) is 11.3. The van der Waals surface area contributed by atoms with Crippen molar-refractivity contribution in [2.45, 2.75) is 17.8 Å². The van der Waals surface area contributed by atoms with Gasteiger partial charge in [0.05, 0.1) is 10.8 Å². The molecule has 0 saturated carbocycles. The lowest BCUT2D eigenvalue weighted by Crippen LogP contribution is -2.30. The molecule has 1 nitrogen and oxygen atoms in total. The molecule has 0 radical (unpaired) electrons. The van der Waals surface area contributed by atoms with Crippen LogP contribution in [0.4, 0.5) is 0 Å². The maximum absolute atomic E-state index is 6.73. The van der Waals surface area contributed by atoms with Crippen LogP contribution in [-0.2, 0) is 10.8 Å². The van der Waals surface area contributed by atoms with Gasteiger partial charge in [-0.05, 0) is 86.0 Å². The molecule has 10 rings (SSSR count). The van der Waals surface area contributed by atoms with Crippen molar-refractivity contribution in [2.75, 3.05) is 0 Å². The quantitative estimate of drug-likeness (QED) is 0.186. The van der Waals surface area contributed by atoms with Crippen molar-refractivity contribution < 1.29 is 4.74 Å². The summed E-state index contributed by atoms with van der Waals surface area (Å²) in [7, 11) is 0. The predicted octanol–water partition coefficient (Wildman–Crippen LogP) is 12.3. The molecule has 2 aliphatic rings. The summed E-state index contributed by atoms with van der Waals surface area (Å²) in [6.07, 6.45) is 0. The highest BCUT2D eigenvalue weighted by Crippen LogP contribution is 2.60. The third-order valence-electron chi connectivity index (χ3n) is 11.3. The van der Waals surface area contributed by atoms with E-state index in [1.165, 1.54) is 72.0 Å². The van der Waals surface area contributed by atoms with E-state index in [0.29, 0.717) is 0 Å². The smallest absolute Gasteiger partial charge is 0.132 e. The molecule has 0 saturated heterocycles. The summed E-state index contributed by atoms with van der Waals surface area (Å²) in [6.45, 7) is 2.36. The Bertz CT molecular complexity index is 2530. The first-order valence-corrected chi connectivity index (χ1v) is 17.4. The lowest BCUT2D eigenvalue weighted by Gasteiger charge is -2.39. The summed E-state index contributed by atoms with van der Waals surface area (Å²) in [6, 6.07) is 68.8. The van der Waals surface area contributed by atoms with E-state index in [1.807, 2.05) is 0 Å². The minimum atomic E-state index is -0.506. The van der Waals surface area contributed by atoms with Crippen molar-refractivity contribution in [1.82, 2.24) is 0 Å². The van der Waals surface area contributed by atoms with Gasteiger partial charge in [-0.3, -0.25) is 0 Å². The van der Waals surface area contributed by atoms with E-state index in [4.69, 9.17) is 4.74 Å². The van der Waals surface area contributed by atoms with Gasteiger partial charge < -0.3 is 4.74 Å². The van der Waals surface area contributed by atoms with Gasteiger partial charge in [-0.1, -0.05) is 170 Å². The van der Waals surface area contributed by atoms with E-state index in [2.05, 4.69) is 195 Å². The van der Waals surface area contributed by atoms with Gasteiger partial charge in [0.2, 0.25) is 0 Å². The van der Waals surface area contributed by atoms with Crippen LogP contribution >= 0.6 is 0 Å². The predicted molar refractivity (Wildman–Crippen MR) is 205 cm³/mol. The van der Waals surface area contributed by atoms with Crippen LogP contribution in [0.3, 0.4) is 0 Å². The van der Waals surface area contributed by atoms with Crippen LogP contribution in [0.15, 0.2) is 188 Å². The molecule has 236 valence electrons. The molecule has 0 amide bonds. The largest absolute Gasteiger partial charge is 0.457 e. The van der Waals surface area contributed by atoms with Crippen LogP contribution in [-0.4, -0.2) is 0 Å². The molecule has 0 bridgehead atoms. The van der Waals surface area contributed by atoms with Crippen molar-refractivity contribution >= 4 is 10.8 Å². The minimum Gasteiger partial charge on any atom is -0.457 e. The highest BCUT2D eigenvalue weighted by Gasteiger charge is 2.47. The van der Waals surface area contributed by atoms with Crippen LogP contribution < -0.4 is 4.74 Å². The Kier molecular flexibility index (Phi) is 6.29. The van der Waals surface area contributed by atoms with Gasteiger partial charge in [0, 0.05) is 11.1 Å². The van der Waals surface area contributed by atoms with Gasteiger partial charge in [0.1, 0.15) is 11.5 Å². The molecular formula is C49H34O. The first kappa shape index (κ1) is 28.8. The zero-order valence-corrected chi connectivity index (χ0v) is 27.8. The molecule has 1 heterocycles. The average molecular weight is 639 g/mol. The highest BCUT2D eigenvalue weighted by atomic mass is 16.5. The van der Waals surface area contributed by atoms with Gasteiger partial charge in [-0.2, -0.15) is 0 Å². The second-order valence-corrected chi connectivity index (χ2v) is 13.7. The van der Waals surface area contributed by atoms with Crippen LogP contribution in [0.2, 0.25) is 0 Å². The fourth-order valence-corrected chi connectivity index (χ4v) is 9.09. The normalized spacial score (nSPS) is 16.5. The Hall–Kier alpha value is -6.18. The standard InChI is InChI=1S/C49H34O/c1-48(35-17-5-2-6-18-35)41-25-13-14-26-44(41)50-45-27-15-24-39(47(45)48)34-28-30-40-43(32-34)49(36-19-7-3-8-20-36,37-21-9-4-10-22-37)42-31-29-33-16-11-12-23-38(33)46(40)42/h2-32H,1H3. The molecule has 0 fully saturated rings. The number of benzene rings is 8. The molecule has 8 aromatic carbocycles. The van der Waals surface area contributed by atoms with Crippen molar-refractivity contribution in [2.24, 2.45) is 0 Å². The summed E-state index contributed by atoms with van der Waals surface area (Å²) >= 11 is 0. The number of hydrogen-bond donors (Lipinski definition) is 0. The van der Waals surface area contributed by atoms with Crippen molar-refractivity contribution in [1.29, 1.82) is 0 Å². The van der Waals surface area contributed by atoms with Gasteiger partial charge in [-0.25, -0.2) is 0 Å². The molecule has 1 aliphatic carbocycles. The zero-order chi connectivity index (χ0) is 33.3. The average Bonchev–Trinajstić information content (AvgIpc) is 3.49. The Morgan fingerprint density at radius 3 is 1.78 bits per heavy atom. The second kappa shape index (κ2) is 10.9. The number of fused-ring (bicyclic) bond motifs is 7. The van der Waals surface area contributed by atoms with Gasteiger partial charge in [0.15, 0.2) is 0 Å². The fraction of sp³-hybridized carbons (Fsp3) is 0.0612. The topological polar surface area (TPSA) is 9.23 Å². The van der Waals surface area contributed by atoms with E-state index in [9.17, 15) is 0 Å². The maximum Gasteiger partial charge on any atom is 0.132 e. The van der Waals surface area contributed by atoms with Gasteiger partial charge in [-0.15, -0.1) is 0 Å². The number of hydrogen-bond acceptors (Lipinski definition) is 1. The fourth-order valence-electron chi connectivity index (χ4n) is 9.09. The van der Waals surface area contributed by atoms with Crippen LogP contribution in [0.5, 0.6) is 11.5 Å². The number of para-hydroxylation sites is 1. The third kappa shape index (κ3) is 3.89. The monoisotopic (exact) mass is 638 g/mol. The molecule has 1 unspecified atom stereocenters. The lowest BCUT2D eigenvalue weighted by atomic mass is 9.66. The molecule has 1 heteroatoms. The van der Waals surface area contributed by atoms with Gasteiger partial charge in [0.25, 0.3) is 0 Å².